The minimum Gasteiger partial charge on any atom is -0.455 e. The monoisotopic (exact) mass is 342 g/mol. The van der Waals surface area contributed by atoms with Crippen molar-refractivity contribution in [3.05, 3.63) is 58.8 Å². The van der Waals surface area contributed by atoms with Gasteiger partial charge in [0.2, 0.25) is 0 Å². The van der Waals surface area contributed by atoms with Crippen LogP contribution in [0.1, 0.15) is 25.3 Å². The van der Waals surface area contributed by atoms with Gasteiger partial charge in [-0.2, -0.15) is 0 Å². The summed E-state index contributed by atoms with van der Waals surface area (Å²) < 4.78 is 7.01. The molecule has 0 fully saturated rings. The van der Waals surface area contributed by atoms with Crippen LogP contribution in [0.15, 0.2) is 53.3 Å². The van der Waals surface area contributed by atoms with E-state index < -0.39 is 0 Å². The molecule has 0 bridgehead atoms. The molecule has 0 N–H and O–H groups in total. The first-order chi connectivity index (χ1) is 10.1. The smallest absolute Gasteiger partial charge is 0.156 e. The Balaban J connectivity index is 2.07. The van der Waals surface area contributed by atoms with Crippen molar-refractivity contribution in [3.8, 4) is 11.5 Å². The quantitative estimate of drug-likeness (QED) is 0.647. The summed E-state index contributed by atoms with van der Waals surface area (Å²) in [6.45, 7) is 4.31. The lowest BCUT2D eigenvalue weighted by molar-refractivity contribution is 0.477. The number of hydrogen-bond donors (Lipinski definition) is 0. The summed E-state index contributed by atoms with van der Waals surface area (Å²) in [4.78, 5) is 8.75. The first-order valence-corrected chi connectivity index (χ1v) is 7.61. The maximum absolute atomic E-state index is 6.11. The lowest BCUT2D eigenvalue weighted by Crippen LogP contribution is -1.95. The lowest BCUT2D eigenvalue weighted by Gasteiger charge is -2.14. The number of pyridine rings is 2. The first kappa shape index (κ1) is 14.0. The van der Waals surface area contributed by atoms with E-state index in [1.807, 2.05) is 30.3 Å². The predicted molar refractivity (Wildman–Crippen MR) is 87.8 cm³/mol. The molecule has 3 rings (SSSR count). The topological polar surface area (TPSA) is 35.0 Å². The number of rotatable bonds is 3. The fourth-order valence-corrected chi connectivity index (χ4v) is 2.55. The zero-order chi connectivity index (χ0) is 14.8. The third-order valence-electron chi connectivity index (χ3n) is 3.27. The van der Waals surface area contributed by atoms with Gasteiger partial charge in [0.05, 0.1) is 5.52 Å². The van der Waals surface area contributed by atoms with Crippen LogP contribution in [0.25, 0.3) is 11.0 Å². The molecule has 0 aliphatic carbocycles. The van der Waals surface area contributed by atoms with E-state index in [1.165, 1.54) is 5.56 Å². The predicted octanol–water partition coefficient (Wildman–Crippen LogP) is 5.31. The molecule has 1 aromatic carbocycles. The summed E-state index contributed by atoms with van der Waals surface area (Å²) in [5, 5.41) is 0. The highest BCUT2D eigenvalue weighted by atomic mass is 79.9. The Labute approximate surface area is 132 Å². The molecule has 3 aromatic rings. The van der Waals surface area contributed by atoms with E-state index in [4.69, 9.17) is 4.74 Å². The van der Waals surface area contributed by atoms with Crippen LogP contribution >= 0.6 is 15.9 Å². The molecule has 0 radical (unpaired) electrons. The molecule has 0 saturated carbocycles. The third-order valence-corrected chi connectivity index (χ3v) is 3.70. The summed E-state index contributed by atoms with van der Waals surface area (Å²) in [7, 11) is 0. The summed E-state index contributed by atoms with van der Waals surface area (Å²) >= 11 is 3.41. The van der Waals surface area contributed by atoms with Crippen LogP contribution in [0.5, 0.6) is 11.5 Å². The average Bonchev–Trinajstić information content (AvgIpc) is 2.47. The second-order valence-corrected chi connectivity index (χ2v) is 6.04. The molecule has 2 heterocycles. The molecule has 106 valence electrons. The number of para-hydroxylation sites is 1. The highest BCUT2D eigenvalue weighted by molar-refractivity contribution is 9.10. The van der Waals surface area contributed by atoms with Gasteiger partial charge in [-0.1, -0.05) is 32.0 Å². The Morgan fingerprint density at radius 1 is 1.05 bits per heavy atom. The second kappa shape index (κ2) is 5.82. The van der Waals surface area contributed by atoms with Gasteiger partial charge in [-0.25, -0.2) is 4.98 Å². The molecule has 0 aliphatic rings. The molecule has 0 amide bonds. The molecule has 0 unspecified atom stereocenters. The highest BCUT2D eigenvalue weighted by Crippen LogP contribution is 2.33. The zero-order valence-electron chi connectivity index (χ0n) is 11.9. The molecule has 0 aliphatic heterocycles. The van der Waals surface area contributed by atoms with Crippen LogP contribution in [0.2, 0.25) is 0 Å². The SMILES string of the molecule is CC(C)c1ccccc1Oc1ccnc2cc(Br)cnc12. The number of halogens is 1. The number of benzene rings is 1. The Hall–Kier alpha value is -1.94. The molecule has 4 heteroatoms. The lowest BCUT2D eigenvalue weighted by atomic mass is 10.0. The Bertz CT molecular complexity index is 787. The first-order valence-electron chi connectivity index (χ1n) is 6.82. The summed E-state index contributed by atoms with van der Waals surface area (Å²) in [5.74, 6) is 1.99. The molecular weight excluding hydrogens is 328 g/mol. The van der Waals surface area contributed by atoms with Gasteiger partial charge >= 0.3 is 0 Å². The van der Waals surface area contributed by atoms with Crippen LogP contribution in [0.4, 0.5) is 0 Å². The van der Waals surface area contributed by atoms with E-state index in [0.717, 1.165) is 27.0 Å². The van der Waals surface area contributed by atoms with Crippen molar-refractivity contribution in [2.24, 2.45) is 0 Å². The van der Waals surface area contributed by atoms with Crippen molar-refractivity contribution in [3.63, 3.8) is 0 Å². The summed E-state index contributed by atoms with van der Waals surface area (Å²) in [6.07, 6.45) is 3.50. The van der Waals surface area contributed by atoms with Crippen molar-refractivity contribution < 1.29 is 4.74 Å². The highest BCUT2D eigenvalue weighted by Gasteiger charge is 2.11. The van der Waals surface area contributed by atoms with E-state index >= 15 is 0 Å². The number of fused-ring (bicyclic) bond motifs is 1. The standard InChI is InChI=1S/C17H15BrN2O/c1-11(2)13-5-3-4-6-15(13)21-16-7-8-19-14-9-12(18)10-20-17(14)16/h3-11H,1-2H3. The second-order valence-electron chi connectivity index (χ2n) is 5.12. The zero-order valence-corrected chi connectivity index (χ0v) is 13.5. The Morgan fingerprint density at radius 3 is 2.67 bits per heavy atom. The van der Waals surface area contributed by atoms with Crippen molar-refractivity contribution >= 4 is 27.0 Å². The number of nitrogens with zero attached hydrogens (tertiary/aromatic N) is 2. The van der Waals surface area contributed by atoms with Gasteiger partial charge in [0.25, 0.3) is 0 Å². The largest absolute Gasteiger partial charge is 0.455 e. The Kier molecular flexibility index (Phi) is 3.88. The number of aromatic nitrogens is 2. The minimum atomic E-state index is 0.399. The molecule has 0 spiro atoms. The summed E-state index contributed by atoms with van der Waals surface area (Å²) in [6, 6.07) is 11.9. The van der Waals surface area contributed by atoms with Gasteiger partial charge in [0.15, 0.2) is 5.75 Å². The van der Waals surface area contributed by atoms with Crippen LogP contribution in [0, 0.1) is 0 Å². The van der Waals surface area contributed by atoms with Crippen molar-refractivity contribution in [2.75, 3.05) is 0 Å². The van der Waals surface area contributed by atoms with Gasteiger partial charge in [0, 0.05) is 22.9 Å². The van der Waals surface area contributed by atoms with Crippen molar-refractivity contribution in [2.45, 2.75) is 19.8 Å². The van der Waals surface area contributed by atoms with Crippen LogP contribution in [0.3, 0.4) is 0 Å². The summed E-state index contributed by atoms with van der Waals surface area (Å²) in [5.41, 5.74) is 2.75. The molecule has 0 saturated heterocycles. The van der Waals surface area contributed by atoms with Gasteiger partial charge in [-0.3, -0.25) is 4.98 Å². The number of ether oxygens (including phenoxy) is 1. The fraction of sp³-hybridized carbons (Fsp3) is 0.176. The normalized spacial score (nSPS) is 11.0. The molecule has 3 nitrogen and oxygen atoms in total. The van der Waals surface area contributed by atoms with E-state index in [-0.39, 0.29) is 0 Å². The van der Waals surface area contributed by atoms with E-state index in [0.29, 0.717) is 5.92 Å². The third kappa shape index (κ3) is 2.90. The maximum atomic E-state index is 6.11. The van der Waals surface area contributed by atoms with Crippen molar-refractivity contribution in [1.29, 1.82) is 0 Å². The van der Waals surface area contributed by atoms with Crippen LogP contribution < -0.4 is 4.74 Å². The van der Waals surface area contributed by atoms with Gasteiger partial charge in [-0.05, 0) is 39.5 Å². The maximum Gasteiger partial charge on any atom is 0.156 e. The average molecular weight is 343 g/mol. The molecular formula is C17H15BrN2O. The molecule has 0 atom stereocenters. The fourth-order valence-electron chi connectivity index (χ4n) is 2.23. The minimum absolute atomic E-state index is 0.399. The van der Waals surface area contributed by atoms with E-state index in [2.05, 4.69) is 45.8 Å². The van der Waals surface area contributed by atoms with Gasteiger partial charge < -0.3 is 4.74 Å². The van der Waals surface area contributed by atoms with Crippen LogP contribution in [-0.2, 0) is 0 Å². The van der Waals surface area contributed by atoms with E-state index in [1.54, 1.807) is 12.4 Å². The van der Waals surface area contributed by atoms with Gasteiger partial charge in [0.1, 0.15) is 11.3 Å². The van der Waals surface area contributed by atoms with Crippen LogP contribution in [-0.4, -0.2) is 9.97 Å². The number of hydrogen-bond acceptors (Lipinski definition) is 3. The molecule has 2 aromatic heterocycles. The molecule has 21 heavy (non-hydrogen) atoms. The van der Waals surface area contributed by atoms with E-state index in [9.17, 15) is 0 Å². The van der Waals surface area contributed by atoms with Crippen molar-refractivity contribution in [1.82, 2.24) is 9.97 Å². The Morgan fingerprint density at radius 2 is 1.86 bits per heavy atom. The van der Waals surface area contributed by atoms with Gasteiger partial charge in [-0.15, -0.1) is 0 Å².